The summed E-state index contributed by atoms with van der Waals surface area (Å²) in [6, 6.07) is 10.8. The zero-order valence-electron chi connectivity index (χ0n) is 17.3. The van der Waals surface area contributed by atoms with Crippen molar-refractivity contribution in [3.63, 3.8) is 0 Å². The first kappa shape index (κ1) is 19.7. The number of hydrogen-bond acceptors (Lipinski definition) is 5. The molecule has 1 aromatic carbocycles. The van der Waals surface area contributed by atoms with Gasteiger partial charge in [-0.2, -0.15) is 0 Å². The number of hydrogen-bond donors (Lipinski definition) is 3. The molecule has 2 aromatic rings. The number of anilines is 2. The zero-order valence-corrected chi connectivity index (χ0v) is 17.3. The van der Waals surface area contributed by atoms with Crippen LogP contribution in [0.3, 0.4) is 0 Å². The van der Waals surface area contributed by atoms with Crippen molar-refractivity contribution >= 4 is 17.3 Å². The van der Waals surface area contributed by atoms with E-state index < -0.39 is 0 Å². The summed E-state index contributed by atoms with van der Waals surface area (Å²) >= 11 is 0. The third kappa shape index (κ3) is 4.52. The van der Waals surface area contributed by atoms with E-state index in [1.165, 1.54) is 0 Å². The highest BCUT2D eigenvalue weighted by Crippen LogP contribution is 2.52. The van der Waals surface area contributed by atoms with Crippen LogP contribution in [-0.4, -0.2) is 16.9 Å². The molecule has 4 rings (SSSR count). The highest BCUT2D eigenvalue weighted by atomic mass is 16.5. The van der Waals surface area contributed by atoms with E-state index in [0.717, 1.165) is 18.5 Å². The second-order valence-corrected chi connectivity index (χ2v) is 9.48. The van der Waals surface area contributed by atoms with Crippen molar-refractivity contribution in [1.82, 2.24) is 4.98 Å². The molecule has 2 aliphatic carbocycles. The third-order valence-electron chi connectivity index (χ3n) is 6.01. The normalized spacial score (nSPS) is 24.3. The van der Waals surface area contributed by atoms with Gasteiger partial charge in [0.15, 0.2) is 0 Å². The fourth-order valence-corrected chi connectivity index (χ4v) is 3.53. The molecule has 2 saturated carbocycles. The number of aromatic nitrogens is 1. The lowest BCUT2D eigenvalue weighted by molar-refractivity contribution is -0.840. The van der Waals surface area contributed by atoms with E-state index in [1.54, 1.807) is 30.5 Å². The van der Waals surface area contributed by atoms with Gasteiger partial charge in [0.1, 0.15) is 11.8 Å². The summed E-state index contributed by atoms with van der Waals surface area (Å²) in [5.74, 6) is 1.17. The monoisotopic (exact) mass is 396 g/mol. The molecule has 29 heavy (non-hydrogen) atoms. The van der Waals surface area contributed by atoms with E-state index in [1.807, 2.05) is 12.1 Å². The predicted octanol–water partition coefficient (Wildman–Crippen LogP) is 3.37. The second kappa shape index (κ2) is 7.00. The summed E-state index contributed by atoms with van der Waals surface area (Å²) in [6.07, 6.45) is 3.44. The van der Waals surface area contributed by atoms with Crippen LogP contribution in [0.1, 0.15) is 40.5 Å². The molecule has 7 heteroatoms. The Morgan fingerprint density at radius 2 is 1.69 bits per heavy atom. The van der Waals surface area contributed by atoms with Crippen molar-refractivity contribution in [3.05, 3.63) is 47.8 Å². The quantitative estimate of drug-likeness (QED) is 0.624. The molecule has 2 fully saturated rings. The molecule has 3 atom stereocenters. The molecule has 2 aliphatic rings. The van der Waals surface area contributed by atoms with Crippen LogP contribution in [-0.2, 0) is 4.79 Å². The average Bonchev–Trinajstić information content (AvgIpc) is 3.52. The molecule has 154 valence electrons. The zero-order chi connectivity index (χ0) is 20.8. The van der Waals surface area contributed by atoms with Crippen molar-refractivity contribution < 1.29 is 14.7 Å². The van der Waals surface area contributed by atoms with Gasteiger partial charge in [0.25, 0.3) is 0 Å². The third-order valence-corrected chi connectivity index (χ3v) is 6.01. The van der Waals surface area contributed by atoms with E-state index in [2.05, 4.69) is 43.4 Å². The first-order valence-corrected chi connectivity index (χ1v) is 10.00. The highest BCUT2D eigenvalue weighted by molar-refractivity contribution is 5.94. The van der Waals surface area contributed by atoms with Crippen molar-refractivity contribution in [2.24, 2.45) is 16.7 Å². The maximum atomic E-state index is 12.2. The molecule has 7 nitrogen and oxygen atoms in total. The number of nitrogens with zero attached hydrogens (tertiary/aromatic N) is 1. The maximum Gasteiger partial charge on any atom is 0.228 e. The first-order chi connectivity index (χ1) is 13.6. The van der Waals surface area contributed by atoms with Gasteiger partial charge in [-0.05, 0) is 42.2 Å². The van der Waals surface area contributed by atoms with Gasteiger partial charge in [-0.15, -0.1) is 0 Å². The first-order valence-electron chi connectivity index (χ1n) is 10.00. The van der Waals surface area contributed by atoms with E-state index in [-0.39, 0.29) is 33.9 Å². The molecule has 1 amide bonds. The van der Waals surface area contributed by atoms with Crippen LogP contribution in [0.2, 0.25) is 0 Å². The highest BCUT2D eigenvalue weighted by Gasteiger charge is 2.52. The minimum Gasteiger partial charge on any atom is -0.608 e. The minimum absolute atomic E-state index is 0.0395. The van der Waals surface area contributed by atoms with Gasteiger partial charge in [-0.25, -0.2) is 10.4 Å². The lowest BCUT2D eigenvalue weighted by atomic mass is 10.1. The summed E-state index contributed by atoms with van der Waals surface area (Å²) < 4.78 is 5.75. The number of ether oxygens (including phenoxy) is 1. The molecule has 0 bridgehead atoms. The van der Waals surface area contributed by atoms with Crippen molar-refractivity contribution in [2.75, 3.05) is 10.7 Å². The lowest BCUT2D eigenvalue weighted by Crippen LogP contribution is -3.12. The van der Waals surface area contributed by atoms with Gasteiger partial charge in [0.2, 0.25) is 11.8 Å². The summed E-state index contributed by atoms with van der Waals surface area (Å²) in [5.41, 5.74) is 4.56. The maximum absolute atomic E-state index is 12.2. The van der Waals surface area contributed by atoms with Crippen LogP contribution in [0.25, 0.3) is 0 Å². The van der Waals surface area contributed by atoms with E-state index in [9.17, 15) is 10.0 Å². The van der Waals surface area contributed by atoms with Crippen LogP contribution in [0.4, 0.5) is 11.4 Å². The van der Waals surface area contributed by atoms with Gasteiger partial charge in [-0.1, -0.05) is 27.7 Å². The van der Waals surface area contributed by atoms with Gasteiger partial charge >= 0.3 is 0 Å². The van der Waals surface area contributed by atoms with E-state index in [0.29, 0.717) is 17.3 Å². The standard InChI is InChI=1S/C22H28N4O3/c1-21(2)11-17(21)20(27)24-15-7-10-19(23-13-15)29-16-8-5-14(6-9-16)25-26(28)18-12-22(18,3)4/h5-10,13,17-18,25-26H,11-12H2,1-4H3,(H,24,27)/t17-,18+/m1/s1. The average molecular weight is 396 g/mol. The molecule has 0 radical (unpaired) electrons. The Balaban J connectivity index is 1.29. The van der Waals surface area contributed by atoms with Crippen molar-refractivity contribution in [1.29, 1.82) is 0 Å². The summed E-state index contributed by atoms with van der Waals surface area (Å²) in [6.45, 7) is 8.39. The van der Waals surface area contributed by atoms with Gasteiger partial charge < -0.3 is 15.3 Å². The Morgan fingerprint density at radius 1 is 1.07 bits per heavy atom. The molecule has 1 heterocycles. The summed E-state index contributed by atoms with van der Waals surface area (Å²) in [5, 5.41) is 15.1. The molecular weight excluding hydrogens is 368 g/mol. The predicted molar refractivity (Wildman–Crippen MR) is 111 cm³/mol. The summed E-state index contributed by atoms with van der Waals surface area (Å²) in [7, 11) is 0. The lowest BCUT2D eigenvalue weighted by Gasteiger charge is -2.24. The van der Waals surface area contributed by atoms with Crippen molar-refractivity contribution in [2.45, 2.75) is 46.6 Å². The Labute approximate surface area is 171 Å². The number of carbonyl (C=O) groups is 1. The van der Waals surface area contributed by atoms with Gasteiger partial charge in [0.05, 0.1) is 17.6 Å². The Bertz CT molecular complexity index is 893. The van der Waals surface area contributed by atoms with Crippen LogP contribution >= 0.6 is 0 Å². The number of amides is 1. The number of nitrogens with one attached hydrogen (secondary N) is 3. The number of pyridine rings is 1. The Kier molecular flexibility index (Phi) is 4.75. The number of quaternary nitrogens is 1. The van der Waals surface area contributed by atoms with E-state index >= 15 is 0 Å². The number of rotatable bonds is 7. The molecule has 0 aliphatic heterocycles. The van der Waals surface area contributed by atoms with Gasteiger partial charge in [0, 0.05) is 23.8 Å². The van der Waals surface area contributed by atoms with E-state index in [4.69, 9.17) is 4.74 Å². The SMILES string of the molecule is CC1(C)C[C@@H]1C(=O)Nc1ccc(Oc2ccc(N[NH+]([O-])[C@H]3CC3(C)C)cc2)nc1. The topological polar surface area (TPSA) is 90.8 Å². The number of carbonyl (C=O) groups excluding carboxylic acids is 1. The molecule has 0 saturated heterocycles. The Hall–Kier alpha value is -2.64. The smallest absolute Gasteiger partial charge is 0.228 e. The molecule has 3 N–H and O–H groups in total. The van der Waals surface area contributed by atoms with Crippen molar-refractivity contribution in [3.8, 4) is 11.6 Å². The fraction of sp³-hybridized carbons (Fsp3) is 0.455. The number of benzene rings is 1. The Morgan fingerprint density at radius 3 is 2.21 bits per heavy atom. The molecular formula is C22H28N4O3. The van der Waals surface area contributed by atoms with Crippen LogP contribution in [0, 0.1) is 22.0 Å². The van der Waals surface area contributed by atoms with Gasteiger partial charge in [-0.3, -0.25) is 9.97 Å². The molecule has 0 spiro atoms. The fourth-order valence-electron chi connectivity index (χ4n) is 3.53. The second-order valence-electron chi connectivity index (χ2n) is 9.48. The number of hydroxylamine groups is 1. The minimum atomic E-state index is 0.0395. The molecule has 1 aromatic heterocycles. The molecule has 1 unspecified atom stereocenters. The largest absolute Gasteiger partial charge is 0.608 e. The van der Waals surface area contributed by atoms with Crippen LogP contribution < -0.4 is 20.7 Å². The van der Waals surface area contributed by atoms with Crippen LogP contribution in [0.5, 0.6) is 11.6 Å². The summed E-state index contributed by atoms with van der Waals surface area (Å²) in [4.78, 5) is 16.4. The van der Waals surface area contributed by atoms with Crippen LogP contribution in [0.15, 0.2) is 42.6 Å².